The lowest BCUT2D eigenvalue weighted by Crippen LogP contribution is -2.04. The van der Waals surface area contributed by atoms with Gasteiger partial charge in [0, 0.05) is 32.3 Å². The Morgan fingerprint density at radius 2 is 2.24 bits per heavy atom. The minimum Gasteiger partial charge on any atom is -0.349 e. The van der Waals surface area contributed by atoms with Gasteiger partial charge in [-0.1, -0.05) is 25.0 Å². The summed E-state index contributed by atoms with van der Waals surface area (Å²) < 4.78 is 1.93. The first-order chi connectivity index (χ1) is 8.22. The number of hydrogen-bond donors (Lipinski definition) is 1. The van der Waals surface area contributed by atoms with E-state index < -0.39 is 0 Å². The standard InChI is InChI=1S/C13H22N4/c1-12(2)10-17-11-13(15-16-17)8-6-4-5-7-9-14-3/h11-12,14H,4-6,8,10H2,1-3H3. The van der Waals surface area contributed by atoms with Gasteiger partial charge < -0.3 is 5.32 Å². The van der Waals surface area contributed by atoms with Gasteiger partial charge in [-0.3, -0.25) is 4.68 Å². The van der Waals surface area contributed by atoms with E-state index in [1.165, 1.54) is 0 Å². The van der Waals surface area contributed by atoms with Crippen LogP contribution in [0.25, 0.3) is 0 Å². The van der Waals surface area contributed by atoms with Gasteiger partial charge in [-0.25, -0.2) is 0 Å². The van der Waals surface area contributed by atoms with Crippen LogP contribution in [0.5, 0.6) is 0 Å². The van der Waals surface area contributed by atoms with Crippen molar-refractivity contribution in [1.82, 2.24) is 20.3 Å². The van der Waals surface area contributed by atoms with Crippen LogP contribution >= 0.6 is 0 Å². The van der Waals surface area contributed by atoms with E-state index in [0.717, 1.165) is 37.9 Å². The largest absolute Gasteiger partial charge is 0.349 e. The minimum absolute atomic E-state index is 0.612. The quantitative estimate of drug-likeness (QED) is 0.464. The molecule has 17 heavy (non-hydrogen) atoms. The van der Waals surface area contributed by atoms with Crippen LogP contribution in [-0.4, -0.2) is 22.0 Å². The van der Waals surface area contributed by atoms with Crippen molar-refractivity contribution >= 4 is 0 Å². The van der Waals surface area contributed by atoms with Crippen molar-refractivity contribution < 1.29 is 0 Å². The maximum absolute atomic E-state index is 4.17. The summed E-state index contributed by atoms with van der Waals surface area (Å²) in [7, 11) is 1.83. The monoisotopic (exact) mass is 234 g/mol. The third-order valence-corrected chi connectivity index (χ3v) is 2.34. The summed E-state index contributed by atoms with van der Waals surface area (Å²) in [6, 6.07) is 2.84. The van der Waals surface area contributed by atoms with Crippen molar-refractivity contribution in [2.75, 3.05) is 7.05 Å². The normalized spacial score (nSPS) is 10.1. The van der Waals surface area contributed by atoms with Gasteiger partial charge in [-0.05, 0) is 25.2 Å². The molecule has 94 valence electrons. The van der Waals surface area contributed by atoms with Crippen molar-refractivity contribution in [3.05, 3.63) is 11.9 Å². The molecular formula is C13H22N4. The Morgan fingerprint density at radius 1 is 1.41 bits per heavy atom. The predicted octanol–water partition coefficient (Wildman–Crippen LogP) is 1.83. The zero-order chi connectivity index (χ0) is 12.5. The molecule has 4 heteroatoms. The molecule has 1 N–H and O–H groups in total. The summed E-state index contributed by atoms with van der Waals surface area (Å²) in [6.45, 7) is 5.31. The Kier molecular flexibility index (Phi) is 6.16. The van der Waals surface area contributed by atoms with Gasteiger partial charge >= 0.3 is 0 Å². The summed E-state index contributed by atoms with van der Waals surface area (Å²) in [5, 5.41) is 11.1. The molecule has 0 saturated carbocycles. The molecule has 0 aliphatic rings. The first kappa shape index (κ1) is 13.6. The third kappa shape index (κ3) is 5.96. The van der Waals surface area contributed by atoms with Gasteiger partial charge in [0.15, 0.2) is 0 Å². The van der Waals surface area contributed by atoms with Crippen molar-refractivity contribution in [3.8, 4) is 12.0 Å². The highest BCUT2D eigenvalue weighted by atomic mass is 15.4. The number of unbranched alkanes of at least 4 members (excludes halogenated alkanes) is 2. The third-order valence-electron chi connectivity index (χ3n) is 2.34. The lowest BCUT2D eigenvalue weighted by molar-refractivity contribution is 0.472. The first-order valence-electron chi connectivity index (χ1n) is 6.26. The average molecular weight is 234 g/mol. The van der Waals surface area contributed by atoms with Crippen LogP contribution in [0.1, 0.15) is 38.8 Å². The summed E-state index contributed by atoms with van der Waals surface area (Å²) in [5.74, 6) is 3.66. The molecule has 0 spiro atoms. The number of aryl methyl sites for hydroxylation is 1. The second-order valence-electron chi connectivity index (χ2n) is 4.58. The van der Waals surface area contributed by atoms with Crippen molar-refractivity contribution in [1.29, 1.82) is 0 Å². The molecular weight excluding hydrogens is 212 g/mol. The van der Waals surface area contributed by atoms with Gasteiger partial charge in [0.25, 0.3) is 0 Å². The highest BCUT2D eigenvalue weighted by Gasteiger charge is 2.02. The number of rotatable bonds is 6. The molecule has 0 saturated heterocycles. The van der Waals surface area contributed by atoms with Gasteiger partial charge in [-0.2, -0.15) is 0 Å². The fourth-order valence-corrected chi connectivity index (χ4v) is 1.59. The molecule has 0 unspecified atom stereocenters. The maximum atomic E-state index is 4.17. The average Bonchev–Trinajstić information content (AvgIpc) is 2.70. The lowest BCUT2D eigenvalue weighted by Gasteiger charge is -2.01. The van der Waals surface area contributed by atoms with E-state index in [2.05, 4.69) is 47.6 Å². The predicted molar refractivity (Wildman–Crippen MR) is 69.3 cm³/mol. The van der Waals surface area contributed by atoms with Crippen LogP contribution in [-0.2, 0) is 13.0 Å². The highest BCUT2D eigenvalue weighted by molar-refractivity contribution is 4.96. The molecule has 1 rings (SSSR count). The molecule has 1 aromatic rings. The number of hydrogen-bond acceptors (Lipinski definition) is 3. The topological polar surface area (TPSA) is 42.7 Å². The minimum atomic E-state index is 0.612. The zero-order valence-corrected chi connectivity index (χ0v) is 11.0. The molecule has 0 fully saturated rings. The van der Waals surface area contributed by atoms with Gasteiger partial charge in [-0.15, -0.1) is 5.10 Å². The Labute approximate surface area is 104 Å². The van der Waals surface area contributed by atoms with Crippen molar-refractivity contribution in [3.63, 3.8) is 0 Å². The molecule has 4 nitrogen and oxygen atoms in total. The first-order valence-corrected chi connectivity index (χ1v) is 6.26. The number of nitrogens with zero attached hydrogens (tertiary/aromatic N) is 3. The molecule has 0 aliphatic heterocycles. The fourth-order valence-electron chi connectivity index (χ4n) is 1.59. The molecule has 0 amide bonds. The molecule has 0 atom stereocenters. The summed E-state index contributed by atoms with van der Waals surface area (Å²) in [6.07, 6.45) is 6.24. The van der Waals surface area contributed by atoms with E-state index in [9.17, 15) is 0 Å². The number of nitrogens with one attached hydrogen (secondary N) is 1. The van der Waals surface area contributed by atoms with E-state index in [4.69, 9.17) is 0 Å². The molecule has 1 heterocycles. The fraction of sp³-hybridized carbons (Fsp3) is 0.692. The SMILES string of the molecule is CNC#CCCCCc1cn(CC(C)C)nn1. The zero-order valence-electron chi connectivity index (χ0n) is 11.0. The summed E-state index contributed by atoms with van der Waals surface area (Å²) >= 11 is 0. The van der Waals surface area contributed by atoms with Gasteiger partial charge in [0.05, 0.1) is 5.69 Å². The van der Waals surface area contributed by atoms with Gasteiger partial charge in [0.1, 0.15) is 0 Å². The summed E-state index contributed by atoms with van der Waals surface area (Å²) in [5.41, 5.74) is 1.09. The van der Waals surface area contributed by atoms with Crippen LogP contribution in [0, 0.1) is 17.9 Å². The van der Waals surface area contributed by atoms with Crippen LogP contribution in [0.2, 0.25) is 0 Å². The van der Waals surface area contributed by atoms with Crippen LogP contribution < -0.4 is 5.32 Å². The Balaban J connectivity index is 2.21. The Morgan fingerprint density at radius 3 is 2.94 bits per heavy atom. The second kappa shape index (κ2) is 7.72. The molecule has 0 radical (unpaired) electrons. The van der Waals surface area contributed by atoms with E-state index in [0.29, 0.717) is 5.92 Å². The Bertz CT molecular complexity index is 370. The van der Waals surface area contributed by atoms with E-state index in [-0.39, 0.29) is 0 Å². The molecule has 0 bridgehead atoms. The van der Waals surface area contributed by atoms with Crippen molar-refractivity contribution in [2.24, 2.45) is 5.92 Å². The summed E-state index contributed by atoms with van der Waals surface area (Å²) in [4.78, 5) is 0. The van der Waals surface area contributed by atoms with Crippen molar-refractivity contribution in [2.45, 2.75) is 46.1 Å². The van der Waals surface area contributed by atoms with E-state index >= 15 is 0 Å². The van der Waals surface area contributed by atoms with E-state index in [1.54, 1.807) is 0 Å². The van der Waals surface area contributed by atoms with Gasteiger partial charge in [0.2, 0.25) is 0 Å². The lowest BCUT2D eigenvalue weighted by atomic mass is 10.1. The second-order valence-corrected chi connectivity index (χ2v) is 4.58. The molecule has 0 aliphatic carbocycles. The molecule has 1 aromatic heterocycles. The molecule has 0 aromatic carbocycles. The Hall–Kier alpha value is -1.50. The smallest absolute Gasteiger partial charge is 0.0827 e. The highest BCUT2D eigenvalue weighted by Crippen LogP contribution is 2.04. The van der Waals surface area contributed by atoms with E-state index in [1.807, 2.05) is 11.7 Å². The maximum Gasteiger partial charge on any atom is 0.0827 e. The van der Waals surface area contributed by atoms with Crippen LogP contribution in [0.3, 0.4) is 0 Å². The van der Waals surface area contributed by atoms with Crippen LogP contribution in [0.4, 0.5) is 0 Å². The van der Waals surface area contributed by atoms with Crippen LogP contribution in [0.15, 0.2) is 6.20 Å². The number of aromatic nitrogens is 3.